The SMILES string of the molecule is Cc1nnc(SCc2ccccc2Oc2ccccc2)n1N. The van der Waals surface area contributed by atoms with Gasteiger partial charge in [0.15, 0.2) is 0 Å². The molecule has 0 atom stereocenters. The van der Waals surface area contributed by atoms with Crippen molar-refractivity contribution in [2.75, 3.05) is 5.84 Å². The zero-order chi connectivity index (χ0) is 15.4. The lowest BCUT2D eigenvalue weighted by Gasteiger charge is -2.10. The minimum atomic E-state index is 0.687. The number of thioether (sulfide) groups is 1. The second-order valence-corrected chi connectivity index (χ2v) is 5.65. The van der Waals surface area contributed by atoms with Crippen LogP contribution in [0.5, 0.6) is 11.5 Å². The van der Waals surface area contributed by atoms with Crippen LogP contribution >= 0.6 is 11.8 Å². The van der Waals surface area contributed by atoms with E-state index in [1.54, 1.807) is 0 Å². The first-order valence-electron chi connectivity index (χ1n) is 6.85. The maximum atomic E-state index is 5.95. The standard InChI is InChI=1S/C16H16N4OS/c1-12-18-19-16(20(12)17)22-11-13-7-5-6-10-15(13)21-14-8-3-2-4-9-14/h2-10H,11,17H2,1H3. The Balaban J connectivity index is 1.75. The molecule has 2 N–H and O–H groups in total. The van der Waals surface area contributed by atoms with Gasteiger partial charge in [0.05, 0.1) is 0 Å². The molecule has 3 aromatic rings. The van der Waals surface area contributed by atoms with Crippen LogP contribution in [0.2, 0.25) is 0 Å². The molecule has 1 heterocycles. The van der Waals surface area contributed by atoms with E-state index < -0.39 is 0 Å². The van der Waals surface area contributed by atoms with Crippen LogP contribution in [0.4, 0.5) is 0 Å². The quantitative estimate of drug-likeness (QED) is 0.578. The van der Waals surface area contributed by atoms with Crippen LogP contribution < -0.4 is 10.6 Å². The van der Waals surface area contributed by atoms with Crippen molar-refractivity contribution in [3.05, 3.63) is 66.0 Å². The summed E-state index contributed by atoms with van der Waals surface area (Å²) in [5, 5.41) is 8.70. The van der Waals surface area contributed by atoms with Crippen molar-refractivity contribution in [3.8, 4) is 11.5 Å². The fourth-order valence-corrected chi connectivity index (χ4v) is 2.82. The van der Waals surface area contributed by atoms with Gasteiger partial charge in [-0.1, -0.05) is 48.2 Å². The fraction of sp³-hybridized carbons (Fsp3) is 0.125. The first-order valence-corrected chi connectivity index (χ1v) is 7.83. The van der Waals surface area contributed by atoms with Crippen molar-refractivity contribution >= 4 is 11.8 Å². The largest absolute Gasteiger partial charge is 0.457 e. The molecule has 0 radical (unpaired) electrons. The van der Waals surface area contributed by atoms with E-state index in [0.29, 0.717) is 16.7 Å². The van der Waals surface area contributed by atoms with E-state index in [1.165, 1.54) is 16.4 Å². The van der Waals surface area contributed by atoms with Gasteiger partial charge in [-0.2, -0.15) is 0 Å². The van der Waals surface area contributed by atoms with Crippen LogP contribution in [-0.4, -0.2) is 14.9 Å². The van der Waals surface area contributed by atoms with Crippen LogP contribution in [0.3, 0.4) is 0 Å². The highest BCUT2D eigenvalue weighted by molar-refractivity contribution is 7.98. The molecule has 5 nitrogen and oxygen atoms in total. The molecule has 1 aromatic heterocycles. The van der Waals surface area contributed by atoms with Gasteiger partial charge in [-0.3, -0.25) is 0 Å². The van der Waals surface area contributed by atoms with Gasteiger partial charge in [0.2, 0.25) is 5.16 Å². The van der Waals surface area contributed by atoms with Crippen molar-refractivity contribution in [1.82, 2.24) is 14.9 Å². The Kier molecular flexibility index (Phi) is 4.29. The summed E-state index contributed by atoms with van der Waals surface area (Å²) in [6.07, 6.45) is 0. The molecule has 0 fully saturated rings. The van der Waals surface area contributed by atoms with Crippen molar-refractivity contribution in [2.24, 2.45) is 0 Å². The summed E-state index contributed by atoms with van der Waals surface area (Å²) in [4.78, 5) is 0. The highest BCUT2D eigenvalue weighted by Crippen LogP contribution is 2.29. The minimum Gasteiger partial charge on any atom is -0.457 e. The van der Waals surface area contributed by atoms with E-state index in [-0.39, 0.29) is 0 Å². The number of ether oxygens (including phenoxy) is 1. The van der Waals surface area contributed by atoms with Crippen LogP contribution in [-0.2, 0) is 5.75 Å². The average Bonchev–Trinajstić information content (AvgIpc) is 2.87. The zero-order valence-electron chi connectivity index (χ0n) is 12.1. The summed E-state index contributed by atoms with van der Waals surface area (Å²) in [5.74, 6) is 8.92. The van der Waals surface area contributed by atoms with E-state index in [9.17, 15) is 0 Å². The monoisotopic (exact) mass is 312 g/mol. The number of benzene rings is 2. The van der Waals surface area contributed by atoms with Crippen LogP contribution in [0.15, 0.2) is 59.8 Å². The Bertz CT molecular complexity index is 758. The lowest BCUT2D eigenvalue weighted by molar-refractivity contribution is 0.478. The third kappa shape index (κ3) is 3.23. The highest BCUT2D eigenvalue weighted by Gasteiger charge is 2.09. The van der Waals surface area contributed by atoms with Gasteiger partial charge in [-0.25, -0.2) is 4.68 Å². The second kappa shape index (κ2) is 6.53. The molecule has 0 aliphatic carbocycles. The van der Waals surface area contributed by atoms with Crippen LogP contribution in [0.25, 0.3) is 0 Å². The number of nitrogens with two attached hydrogens (primary N) is 1. The Morgan fingerprint density at radius 1 is 1.05 bits per heavy atom. The molecule has 0 aliphatic heterocycles. The summed E-state index contributed by atoms with van der Waals surface area (Å²) in [6, 6.07) is 17.7. The molecule has 0 aliphatic rings. The summed E-state index contributed by atoms with van der Waals surface area (Å²) < 4.78 is 7.44. The van der Waals surface area contributed by atoms with Gasteiger partial charge in [0.25, 0.3) is 0 Å². The predicted molar refractivity (Wildman–Crippen MR) is 87.4 cm³/mol. The minimum absolute atomic E-state index is 0.687. The van der Waals surface area contributed by atoms with Gasteiger partial charge in [0, 0.05) is 11.3 Å². The second-order valence-electron chi connectivity index (χ2n) is 4.71. The number of aryl methyl sites for hydroxylation is 1. The van der Waals surface area contributed by atoms with E-state index in [0.717, 1.165) is 17.1 Å². The first kappa shape index (κ1) is 14.5. The molecular weight excluding hydrogens is 296 g/mol. The molecule has 3 rings (SSSR count). The number of hydrogen-bond acceptors (Lipinski definition) is 5. The summed E-state index contributed by atoms with van der Waals surface area (Å²) in [7, 11) is 0. The lowest BCUT2D eigenvalue weighted by Crippen LogP contribution is -2.11. The molecular formula is C16H16N4OS. The molecule has 0 amide bonds. The molecule has 112 valence electrons. The number of nitrogens with zero attached hydrogens (tertiary/aromatic N) is 3. The normalized spacial score (nSPS) is 10.6. The zero-order valence-corrected chi connectivity index (χ0v) is 13.0. The maximum Gasteiger partial charge on any atom is 0.210 e. The molecule has 0 saturated heterocycles. The van der Waals surface area contributed by atoms with E-state index in [1.807, 2.05) is 61.5 Å². The van der Waals surface area contributed by atoms with Crippen molar-refractivity contribution in [2.45, 2.75) is 17.8 Å². The predicted octanol–water partition coefficient (Wildman–Crippen LogP) is 3.38. The average molecular weight is 312 g/mol. The smallest absolute Gasteiger partial charge is 0.210 e. The Hall–Kier alpha value is -2.47. The first-order chi connectivity index (χ1) is 10.7. The molecule has 0 saturated carbocycles. The third-order valence-electron chi connectivity index (χ3n) is 3.14. The topological polar surface area (TPSA) is 66.0 Å². The van der Waals surface area contributed by atoms with E-state index in [4.69, 9.17) is 10.6 Å². The van der Waals surface area contributed by atoms with Gasteiger partial charge < -0.3 is 10.6 Å². The summed E-state index contributed by atoms with van der Waals surface area (Å²) >= 11 is 1.53. The van der Waals surface area contributed by atoms with Crippen LogP contribution in [0, 0.1) is 6.92 Å². The summed E-state index contributed by atoms with van der Waals surface area (Å²) in [5.41, 5.74) is 1.08. The lowest BCUT2D eigenvalue weighted by atomic mass is 10.2. The van der Waals surface area contributed by atoms with E-state index in [2.05, 4.69) is 10.2 Å². The molecule has 2 aromatic carbocycles. The highest BCUT2D eigenvalue weighted by atomic mass is 32.2. The summed E-state index contributed by atoms with van der Waals surface area (Å²) in [6.45, 7) is 1.82. The number of hydrogen-bond donors (Lipinski definition) is 1. The molecule has 0 bridgehead atoms. The van der Waals surface area contributed by atoms with Crippen molar-refractivity contribution in [1.29, 1.82) is 0 Å². The Morgan fingerprint density at radius 3 is 2.50 bits per heavy atom. The number of rotatable bonds is 5. The van der Waals surface area contributed by atoms with Crippen molar-refractivity contribution in [3.63, 3.8) is 0 Å². The van der Waals surface area contributed by atoms with Gasteiger partial charge in [-0.05, 0) is 25.1 Å². The number of aromatic nitrogens is 3. The Labute approximate surface area is 133 Å². The molecule has 6 heteroatoms. The van der Waals surface area contributed by atoms with Crippen molar-refractivity contribution < 1.29 is 4.74 Å². The van der Waals surface area contributed by atoms with Crippen LogP contribution in [0.1, 0.15) is 11.4 Å². The van der Waals surface area contributed by atoms with Gasteiger partial charge in [-0.15, -0.1) is 10.2 Å². The molecule has 0 unspecified atom stereocenters. The third-order valence-corrected chi connectivity index (χ3v) is 4.13. The van der Waals surface area contributed by atoms with Gasteiger partial charge in [0.1, 0.15) is 17.3 Å². The molecule has 22 heavy (non-hydrogen) atoms. The number of para-hydroxylation sites is 2. The number of nitrogen functional groups attached to an aromatic ring is 1. The fourth-order valence-electron chi connectivity index (χ4n) is 1.93. The van der Waals surface area contributed by atoms with E-state index >= 15 is 0 Å². The van der Waals surface area contributed by atoms with Gasteiger partial charge >= 0.3 is 0 Å². The molecule has 0 spiro atoms. The maximum absolute atomic E-state index is 5.95. The Morgan fingerprint density at radius 2 is 1.77 bits per heavy atom.